The van der Waals surface area contributed by atoms with E-state index in [0.29, 0.717) is 61.8 Å². The molecule has 2 aliphatic rings. The summed E-state index contributed by atoms with van der Waals surface area (Å²) in [6.45, 7) is 0.0963. The molecule has 0 atom stereocenters. The van der Waals surface area contributed by atoms with Crippen LogP contribution in [0.25, 0.3) is 21.9 Å². The molecular formula is C22H18O8. The number of rotatable bonds is 4. The highest BCUT2D eigenvalue weighted by Gasteiger charge is 2.34. The van der Waals surface area contributed by atoms with Crippen molar-refractivity contribution in [3.63, 3.8) is 0 Å². The SMILES string of the molecule is COc1cc2c(-c3ccc4c(c3)OCO4)c3c(c(O)c2c(OC)c1OC)COC3=O. The van der Waals surface area contributed by atoms with Gasteiger partial charge in [-0.1, -0.05) is 6.07 Å². The van der Waals surface area contributed by atoms with Crippen LogP contribution in [0.2, 0.25) is 0 Å². The molecule has 0 bridgehead atoms. The molecule has 0 radical (unpaired) electrons. The Morgan fingerprint density at radius 3 is 2.40 bits per heavy atom. The van der Waals surface area contributed by atoms with Gasteiger partial charge in [0.25, 0.3) is 0 Å². The van der Waals surface area contributed by atoms with Crippen LogP contribution < -0.4 is 23.7 Å². The summed E-state index contributed by atoms with van der Waals surface area (Å²) in [6, 6.07) is 7.11. The highest BCUT2D eigenvalue weighted by Crippen LogP contribution is 2.53. The lowest BCUT2D eigenvalue weighted by Crippen LogP contribution is -2.02. The maximum absolute atomic E-state index is 12.6. The predicted molar refractivity (Wildman–Crippen MR) is 106 cm³/mol. The van der Waals surface area contributed by atoms with Crippen molar-refractivity contribution in [2.75, 3.05) is 28.1 Å². The molecule has 1 N–H and O–H groups in total. The molecule has 0 saturated carbocycles. The van der Waals surface area contributed by atoms with Crippen LogP contribution in [0.5, 0.6) is 34.5 Å². The number of ether oxygens (including phenoxy) is 6. The molecule has 0 fully saturated rings. The third-order valence-electron chi connectivity index (χ3n) is 5.39. The van der Waals surface area contributed by atoms with Crippen LogP contribution in [0.4, 0.5) is 0 Å². The number of esters is 1. The fraction of sp³-hybridized carbons (Fsp3) is 0.227. The standard InChI is InChI=1S/C22H18O8/c1-25-15-7-11-16(10-4-5-13-14(6-10)30-9-29-13)17-12(8-28-22(17)24)19(23)18(11)21(27-3)20(15)26-2/h4-7,23H,8-9H2,1-3H3. The van der Waals surface area contributed by atoms with Gasteiger partial charge in [0, 0.05) is 16.5 Å². The second kappa shape index (κ2) is 6.62. The minimum absolute atomic E-state index is 0.0367. The monoisotopic (exact) mass is 410 g/mol. The van der Waals surface area contributed by atoms with E-state index < -0.39 is 5.97 Å². The van der Waals surface area contributed by atoms with Gasteiger partial charge in [0.05, 0.1) is 32.3 Å². The van der Waals surface area contributed by atoms with Gasteiger partial charge in [0.2, 0.25) is 12.5 Å². The summed E-state index contributed by atoms with van der Waals surface area (Å²) in [5, 5.41) is 12.0. The fourth-order valence-corrected chi connectivity index (χ4v) is 4.07. The van der Waals surface area contributed by atoms with Crippen molar-refractivity contribution < 1.29 is 38.3 Å². The molecule has 30 heavy (non-hydrogen) atoms. The number of carbonyl (C=O) groups excluding carboxylic acids is 1. The first-order valence-corrected chi connectivity index (χ1v) is 9.16. The smallest absolute Gasteiger partial charge is 0.339 e. The van der Waals surface area contributed by atoms with Crippen molar-refractivity contribution in [1.82, 2.24) is 0 Å². The number of phenolic OH excluding ortho intramolecular Hbond substituents is 1. The van der Waals surface area contributed by atoms with Crippen molar-refractivity contribution in [3.05, 3.63) is 35.4 Å². The maximum Gasteiger partial charge on any atom is 0.339 e. The van der Waals surface area contributed by atoms with Crippen molar-refractivity contribution >= 4 is 16.7 Å². The number of fused-ring (bicyclic) bond motifs is 3. The number of carbonyl (C=O) groups is 1. The van der Waals surface area contributed by atoms with Gasteiger partial charge in [-0.2, -0.15) is 0 Å². The maximum atomic E-state index is 12.6. The molecule has 5 rings (SSSR count). The van der Waals surface area contributed by atoms with Crippen LogP contribution in [0.15, 0.2) is 24.3 Å². The molecule has 0 aromatic heterocycles. The lowest BCUT2D eigenvalue weighted by Gasteiger charge is -2.19. The van der Waals surface area contributed by atoms with E-state index in [-0.39, 0.29) is 19.1 Å². The second-order valence-corrected chi connectivity index (χ2v) is 6.79. The lowest BCUT2D eigenvalue weighted by molar-refractivity contribution is 0.0535. The molecule has 154 valence electrons. The molecule has 0 unspecified atom stereocenters. The minimum Gasteiger partial charge on any atom is -0.507 e. The fourth-order valence-electron chi connectivity index (χ4n) is 4.07. The Hall–Kier alpha value is -3.81. The Morgan fingerprint density at radius 1 is 0.900 bits per heavy atom. The van der Waals surface area contributed by atoms with E-state index in [0.717, 1.165) is 0 Å². The zero-order valence-corrected chi connectivity index (χ0v) is 16.5. The summed E-state index contributed by atoms with van der Waals surface area (Å²) >= 11 is 0. The number of phenols is 1. The molecular weight excluding hydrogens is 392 g/mol. The van der Waals surface area contributed by atoms with E-state index >= 15 is 0 Å². The van der Waals surface area contributed by atoms with Crippen LogP contribution in [0, 0.1) is 0 Å². The highest BCUT2D eigenvalue weighted by molar-refractivity contribution is 6.15. The summed E-state index contributed by atoms with van der Waals surface area (Å²) in [6.07, 6.45) is 0. The molecule has 3 aromatic rings. The van der Waals surface area contributed by atoms with E-state index in [1.165, 1.54) is 21.3 Å². The van der Waals surface area contributed by atoms with E-state index in [9.17, 15) is 9.90 Å². The topological polar surface area (TPSA) is 92.7 Å². The number of aromatic hydroxyl groups is 1. The molecule has 0 aliphatic carbocycles. The highest BCUT2D eigenvalue weighted by atomic mass is 16.7. The average molecular weight is 410 g/mol. The van der Waals surface area contributed by atoms with Gasteiger partial charge in [-0.25, -0.2) is 4.79 Å². The minimum atomic E-state index is -0.511. The molecule has 2 aliphatic heterocycles. The van der Waals surface area contributed by atoms with Crippen LogP contribution in [-0.4, -0.2) is 39.2 Å². The van der Waals surface area contributed by atoms with Crippen molar-refractivity contribution in [1.29, 1.82) is 0 Å². The number of benzene rings is 3. The molecule has 8 nitrogen and oxygen atoms in total. The van der Waals surface area contributed by atoms with Crippen LogP contribution >= 0.6 is 0 Å². The summed E-state index contributed by atoms with van der Waals surface area (Å²) in [5.41, 5.74) is 1.98. The van der Waals surface area contributed by atoms with Gasteiger partial charge in [0.1, 0.15) is 12.4 Å². The van der Waals surface area contributed by atoms with Gasteiger partial charge < -0.3 is 33.5 Å². The number of hydrogen-bond acceptors (Lipinski definition) is 8. The van der Waals surface area contributed by atoms with Crippen molar-refractivity contribution in [2.24, 2.45) is 0 Å². The lowest BCUT2D eigenvalue weighted by atomic mass is 9.89. The van der Waals surface area contributed by atoms with E-state index in [2.05, 4.69) is 0 Å². The van der Waals surface area contributed by atoms with Gasteiger partial charge in [-0.15, -0.1) is 0 Å². The molecule has 0 amide bonds. The Kier molecular flexibility index (Phi) is 4.02. The zero-order chi connectivity index (χ0) is 21.0. The van der Waals surface area contributed by atoms with E-state index in [1.54, 1.807) is 18.2 Å². The van der Waals surface area contributed by atoms with Crippen LogP contribution in [0.3, 0.4) is 0 Å². The predicted octanol–water partition coefficient (Wildman–Crippen LogP) is 3.64. The van der Waals surface area contributed by atoms with Crippen molar-refractivity contribution in [2.45, 2.75) is 6.61 Å². The molecule has 8 heteroatoms. The largest absolute Gasteiger partial charge is 0.507 e. The first kappa shape index (κ1) is 18.2. The van der Waals surface area contributed by atoms with Crippen LogP contribution in [-0.2, 0) is 11.3 Å². The number of methoxy groups -OCH3 is 3. The zero-order valence-electron chi connectivity index (χ0n) is 16.5. The first-order valence-electron chi connectivity index (χ1n) is 9.16. The molecule has 2 heterocycles. The number of cyclic esters (lactones) is 1. The van der Waals surface area contributed by atoms with Crippen LogP contribution in [0.1, 0.15) is 15.9 Å². The number of hydrogen-bond donors (Lipinski definition) is 1. The van der Waals surface area contributed by atoms with Gasteiger partial charge >= 0.3 is 5.97 Å². The normalized spacial score (nSPS) is 13.9. The molecule has 3 aromatic carbocycles. The second-order valence-electron chi connectivity index (χ2n) is 6.79. The Labute approximate surface area is 171 Å². The summed E-state index contributed by atoms with van der Waals surface area (Å²) in [5.74, 6) is 1.63. The Balaban J connectivity index is 1.95. The molecule has 0 saturated heterocycles. The quantitative estimate of drug-likeness (QED) is 0.652. The van der Waals surface area contributed by atoms with E-state index in [4.69, 9.17) is 28.4 Å². The molecule has 0 spiro atoms. The third-order valence-corrected chi connectivity index (χ3v) is 5.39. The average Bonchev–Trinajstić information content (AvgIpc) is 3.39. The summed E-state index contributed by atoms with van der Waals surface area (Å²) in [4.78, 5) is 12.6. The first-order chi connectivity index (χ1) is 14.6. The summed E-state index contributed by atoms with van der Waals surface area (Å²) in [7, 11) is 4.47. The van der Waals surface area contributed by atoms with Gasteiger partial charge in [-0.05, 0) is 23.8 Å². The Bertz CT molecular complexity index is 1210. The van der Waals surface area contributed by atoms with Gasteiger partial charge in [-0.3, -0.25) is 0 Å². The summed E-state index contributed by atoms with van der Waals surface area (Å²) < 4.78 is 32.7. The third kappa shape index (κ3) is 2.36. The van der Waals surface area contributed by atoms with Gasteiger partial charge in [0.15, 0.2) is 23.0 Å². The van der Waals surface area contributed by atoms with E-state index in [1.807, 2.05) is 6.07 Å². The Morgan fingerprint density at radius 2 is 1.67 bits per heavy atom. The van der Waals surface area contributed by atoms with Crippen molar-refractivity contribution in [3.8, 4) is 45.6 Å².